The Bertz CT molecular complexity index is 1380. The van der Waals surface area contributed by atoms with Crippen molar-refractivity contribution >= 4 is 17.0 Å². The van der Waals surface area contributed by atoms with Crippen molar-refractivity contribution in [3.8, 4) is 16.9 Å². The van der Waals surface area contributed by atoms with Crippen molar-refractivity contribution in [3.05, 3.63) is 81.4 Å². The number of rotatable bonds is 6. The number of hydrogen-bond acceptors (Lipinski definition) is 6. The lowest BCUT2D eigenvalue weighted by Crippen LogP contribution is -2.29. The van der Waals surface area contributed by atoms with Crippen molar-refractivity contribution < 1.29 is 14.6 Å². The van der Waals surface area contributed by atoms with Gasteiger partial charge in [0.15, 0.2) is 5.65 Å². The van der Waals surface area contributed by atoms with Crippen LogP contribution < -0.4 is 10.9 Å². The van der Waals surface area contributed by atoms with Crippen LogP contribution in [0.4, 0.5) is 10.3 Å². The fourth-order valence-electron chi connectivity index (χ4n) is 3.98. The van der Waals surface area contributed by atoms with Crippen LogP contribution in [0.5, 0.6) is 0 Å². The van der Waals surface area contributed by atoms with E-state index in [1.54, 1.807) is 23.6 Å². The van der Waals surface area contributed by atoms with E-state index >= 15 is 0 Å². The number of hydrogen-bond donors (Lipinski definition) is 3. The summed E-state index contributed by atoms with van der Waals surface area (Å²) in [6.07, 6.45) is 0. The second-order valence-corrected chi connectivity index (χ2v) is 8.05. The van der Waals surface area contributed by atoms with E-state index in [1.807, 2.05) is 32.0 Å². The van der Waals surface area contributed by atoms with Crippen LogP contribution in [0, 0.1) is 26.6 Å². The predicted octanol–water partition coefficient (Wildman–Crippen LogP) is 3.28. The predicted molar refractivity (Wildman–Crippen MR) is 126 cm³/mol. The molecule has 170 valence electrons. The average molecular weight is 448 g/mol. The van der Waals surface area contributed by atoms with Gasteiger partial charge in [0.1, 0.15) is 5.82 Å². The van der Waals surface area contributed by atoms with Crippen molar-refractivity contribution in [1.82, 2.24) is 14.5 Å². The van der Waals surface area contributed by atoms with Gasteiger partial charge in [-0.1, -0.05) is 18.2 Å². The highest BCUT2D eigenvalue weighted by atomic mass is 19.1. The first-order valence-electron chi connectivity index (χ1n) is 10.6. The van der Waals surface area contributed by atoms with Crippen LogP contribution in [-0.2, 0) is 0 Å². The molecule has 33 heavy (non-hydrogen) atoms. The Balaban J connectivity index is 2.10. The van der Waals surface area contributed by atoms with Crippen LogP contribution in [0.1, 0.15) is 16.7 Å². The molecule has 0 unspecified atom stereocenters. The third-order valence-corrected chi connectivity index (χ3v) is 5.63. The summed E-state index contributed by atoms with van der Waals surface area (Å²) in [5, 5.41) is 22.6. The van der Waals surface area contributed by atoms with Gasteiger partial charge < -0.3 is 15.5 Å². The Morgan fingerprint density at radius 2 is 1.67 bits per heavy atom. The molecule has 0 aliphatic rings. The van der Waals surface area contributed by atoms with E-state index in [2.05, 4.69) is 15.3 Å². The maximum atomic E-state index is 13.8. The number of pyridine rings is 1. The minimum absolute atomic E-state index is 0.139. The zero-order valence-corrected chi connectivity index (χ0v) is 18.6. The summed E-state index contributed by atoms with van der Waals surface area (Å²) < 4.78 is 15.3. The number of halogens is 1. The molecule has 0 radical (unpaired) electrons. The molecule has 4 aromatic rings. The Morgan fingerprint density at radius 1 is 0.970 bits per heavy atom. The van der Waals surface area contributed by atoms with Crippen LogP contribution in [0.2, 0.25) is 0 Å². The van der Waals surface area contributed by atoms with Gasteiger partial charge in [0, 0.05) is 17.0 Å². The van der Waals surface area contributed by atoms with Gasteiger partial charge in [0.2, 0.25) is 5.95 Å². The Hall–Kier alpha value is -3.62. The second-order valence-electron chi connectivity index (χ2n) is 8.05. The third-order valence-electron chi connectivity index (χ3n) is 5.63. The second kappa shape index (κ2) is 9.09. The van der Waals surface area contributed by atoms with Crippen molar-refractivity contribution in [1.29, 1.82) is 0 Å². The van der Waals surface area contributed by atoms with Crippen LogP contribution in [0.15, 0.2) is 53.3 Å². The molecule has 0 atom stereocenters. The van der Waals surface area contributed by atoms with E-state index in [1.165, 1.54) is 18.2 Å². The first-order valence-corrected chi connectivity index (χ1v) is 10.6. The van der Waals surface area contributed by atoms with Gasteiger partial charge in [-0.25, -0.2) is 9.37 Å². The quantitative estimate of drug-likeness (QED) is 0.419. The normalized spacial score (nSPS) is 11.4. The number of aliphatic hydroxyl groups is 2. The van der Waals surface area contributed by atoms with Gasteiger partial charge in [-0.2, -0.15) is 4.98 Å². The molecule has 0 fully saturated rings. The lowest BCUT2D eigenvalue weighted by atomic mass is 10.0. The lowest BCUT2D eigenvalue weighted by Gasteiger charge is -2.19. The molecule has 4 rings (SSSR count). The summed E-state index contributed by atoms with van der Waals surface area (Å²) in [4.78, 5) is 22.3. The molecule has 3 N–H and O–H groups in total. The van der Waals surface area contributed by atoms with Crippen molar-refractivity contribution in [2.75, 3.05) is 18.5 Å². The number of nitrogens with zero attached hydrogens (tertiary/aromatic N) is 3. The number of aromatic nitrogens is 3. The van der Waals surface area contributed by atoms with Gasteiger partial charge in [-0.15, -0.1) is 0 Å². The van der Waals surface area contributed by atoms with Crippen molar-refractivity contribution in [2.24, 2.45) is 0 Å². The van der Waals surface area contributed by atoms with E-state index in [4.69, 9.17) is 0 Å². The average Bonchev–Trinajstić information content (AvgIpc) is 2.78. The molecule has 0 saturated carbocycles. The molecular weight excluding hydrogens is 423 g/mol. The molecular formula is C25H25FN4O3. The summed E-state index contributed by atoms with van der Waals surface area (Å²) in [6, 6.07) is 12.6. The topological polar surface area (TPSA) is 100 Å². The minimum atomic E-state index is -0.686. The number of para-hydroxylation sites is 1. The molecule has 0 bridgehead atoms. The number of benzene rings is 2. The molecule has 0 aliphatic heterocycles. The number of nitrogens with one attached hydrogen (secondary N) is 1. The highest BCUT2D eigenvalue weighted by molar-refractivity contribution is 5.93. The Labute approximate surface area is 190 Å². The van der Waals surface area contributed by atoms with Crippen LogP contribution in [-0.4, -0.2) is 44.0 Å². The maximum Gasteiger partial charge on any atom is 0.256 e. The van der Waals surface area contributed by atoms with E-state index in [9.17, 15) is 19.4 Å². The fourth-order valence-corrected chi connectivity index (χ4v) is 3.98. The van der Waals surface area contributed by atoms with Gasteiger partial charge in [0.25, 0.3) is 5.56 Å². The summed E-state index contributed by atoms with van der Waals surface area (Å²) in [5.74, 6) is -0.221. The SMILES string of the molecule is Cc1cc(F)ccc1-c1nc(NC(CO)CO)nc2c1ccc(=O)n2-c1c(C)cccc1C. The first-order chi connectivity index (χ1) is 15.8. The molecule has 0 saturated heterocycles. The molecule has 2 aromatic carbocycles. The Morgan fingerprint density at radius 3 is 2.30 bits per heavy atom. The van der Waals surface area contributed by atoms with E-state index in [-0.39, 0.29) is 30.5 Å². The molecule has 0 spiro atoms. The summed E-state index contributed by atoms with van der Waals surface area (Å²) >= 11 is 0. The third kappa shape index (κ3) is 4.22. The van der Waals surface area contributed by atoms with E-state index < -0.39 is 6.04 Å². The molecule has 0 amide bonds. The fraction of sp³-hybridized carbons (Fsp3) is 0.240. The zero-order valence-electron chi connectivity index (χ0n) is 18.6. The molecule has 2 heterocycles. The number of aliphatic hydroxyl groups excluding tert-OH is 2. The summed E-state index contributed by atoms with van der Waals surface area (Å²) in [7, 11) is 0. The molecule has 2 aromatic heterocycles. The maximum absolute atomic E-state index is 13.8. The van der Waals surface area contributed by atoms with Crippen molar-refractivity contribution in [2.45, 2.75) is 26.8 Å². The van der Waals surface area contributed by atoms with Gasteiger partial charge in [-0.05, 0) is 61.7 Å². The van der Waals surface area contributed by atoms with Crippen LogP contribution >= 0.6 is 0 Å². The summed E-state index contributed by atoms with van der Waals surface area (Å²) in [5.41, 5.74) is 4.50. The van der Waals surface area contributed by atoms with Gasteiger partial charge in [0.05, 0.1) is 30.6 Å². The largest absolute Gasteiger partial charge is 0.394 e. The standard InChI is InChI=1S/C25H25FN4O3/c1-14-5-4-6-15(2)23(14)30-21(33)10-9-20-22(19-8-7-17(26)11-16(19)3)28-25(29-24(20)30)27-18(12-31)13-32/h4-11,18,31-32H,12-13H2,1-3H3,(H,27,28,29). The molecule has 7 nitrogen and oxygen atoms in total. The Kier molecular flexibility index (Phi) is 6.22. The number of aryl methyl sites for hydroxylation is 3. The van der Waals surface area contributed by atoms with E-state index in [0.29, 0.717) is 27.9 Å². The number of anilines is 1. The van der Waals surface area contributed by atoms with Crippen LogP contribution in [0.25, 0.3) is 28.0 Å². The smallest absolute Gasteiger partial charge is 0.256 e. The number of fused-ring (bicyclic) bond motifs is 1. The zero-order chi connectivity index (χ0) is 23.7. The monoisotopic (exact) mass is 448 g/mol. The minimum Gasteiger partial charge on any atom is -0.394 e. The van der Waals surface area contributed by atoms with E-state index in [0.717, 1.165) is 16.8 Å². The first kappa shape index (κ1) is 22.6. The highest BCUT2D eigenvalue weighted by Crippen LogP contribution is 2.31. The van der Waals surface area contributed by atoms with Gasteiger partial charge >= 0.3 is 0 Å². The lowest BCUT2D eigenvalue weighted by molar-refractivity contribution is 0.203. The molecule has 8 heteroatoms. The molecule has 0 aliphatic carbocycles. The summed E-state index contributed by atoms with van der Waals surface area (Å²) in [6.45, 7) is 4.97. The van der Waals surface area contributed by atoms with Crippen LogP contribution in [0.3, 0.4) is 0 Å². The van der Waals surface area contributed by atoms with Gasteiger partial charge in [-0.3, -0.25) is 9.36 Å². The highest BCUT2D eigenvalue weighted by Gasteiger charge is 2.19. The van der Waals surface area contributed by atoms with Crippen molar-refractivity contribution in [3.63, 3.8) is 0 Å².